The van der Waals surface area contributed by atoms with Crippen LogP contribution in [0.2, 0.25) is 0 Å². The third kappa shape index (κ3) is 3.27. The van der Waals surface area contributed by atoms with Crippen molar-refractivity contribution in [1.82, 2.24) is 0 Å². The van der Waals surface area contributed by atoms with Gasteiger partial charge in [0.1, 0.15) is 10.6 Å². The van der Waals surface area contributed by atoms with E-state index in [2.05, 4.69) is 10.6 Å². The fourth-order valence-corrected chi connectivity index (χ4v) is 2.22. The number of methoxy groups -OCH3 is 1. The smallest absolute Gasteiger partial charge is 0.348 e. The summed E-state index contributed by atoms with van der Waals surface area (Å²) in [6, 6.07) is 7.83. The highest BCUT2D eigenvalue weighted by molar-refractivity contribution is 7.12. The molecule has 0 saturated carbocycles. The van der Waals surface area contributed by atoms with Gasteiger partial charge in [-0.1, -0.05) is 0 Å². The maximum atomic E-state index is 11.8. The van der Waals surface area contributed by atoms with E-state index >= 15 is 0 Å². The highest BCUT2D eigenvalue weighted by Crippen LogP contribution is 2.22. The predicted molar refractivity (Wildman–Crippen MR) is 76.9 cm³/mol. The number of amides is 2. The average molecular weight is 292 g/mol. The molecule has 0 spiro atoms. The molecule has 0 aliphatic rings. The maximum Gasteiger partial charge on any atom is 0.348 e. The van der Waals surface area contributed by atoms with Crippen LogP contribution in [0.15, 0.2) is 35.7 Å². The summed E-state index contributed by atoms with van der Waals surface area (Å²) in [5.41, 5.74) is 0.851. The number of urea groups is 1. The van der Waals surface area contributed by atoms with Gasteiger partial charge in [0.25, 0.3) is 0 Å². The lowest BCUT2D eigenvalue weighted by Crippen LogP contribution is -2.20. The van der Waals surface area contributed by atoms with Gasteiger partial charge in [0.05, 0.1) is 12.8 Å². The zero-order valence-corrected chi connectivity index (χ0v) is 11.4. The molecule has 1 heterocycles. The van der Waals surface area contributed by atoms with E-state index in [1.165, 1.54) is 0 Å². The lowest BCUT2D eigenvalue weighted by atomic mass is 10.3. The highest BCUT2D eigenvalue weighted by Gasteiger charge is 2.13. The number of carbonyl (C=O) groups is 2. The van der Waals surface area contributed by atoms with Gasteiger partial charge >= 0.3 is 12.0 Å². The van der Waals surface area contributed by atoms with Gasteiger partial charge in [-0.3, -0.25) is 0 Å². The van der Waals surface area contributed by atoms with E-state index < -0.39 is 12.0 Å². The van der Waals surface area contributed by atoms with Crippen molar-refractivity contribution in [2.45, 2.75) is 0 Å². The number of benzene rings is 1. The van der Waals surface area contributed by atoms with Gasteiger partial charge in [0, 0.05) is 5.69 Å². The Morgan fingerprint density at radius 3 is 2.45 bits per heavy atom. The molecular weight excluding hydrogens is 280 g/mol. The first-order valence-corrected chi connectivity index (χ1v) is 6.51. The third-order valence-corrected chi connectivity index (χ3v) is 3.36. The molecule has 2 aromatic rings. The fourth-order valence-electron chi connectivity index (χ4n) is 1.53. The van der Waals surface area contributed by atoms with E-state index in [1.807, 2.05) is 0 Å². The summed E-state index contributed by atoms with van der Waals surface area (Å²) in [6.45, 7) is 0. The molecule has 7 heteroatoms. The number of nitrogens with one attached hydrogen (secondary N) is 2. The number of hydrogen-bond donors (Lipinski definition) is 3. The molecule has 0 bridgehead atoms. The summed E-state index contributed by atoms with van der Waals surface area (Å²) in [5, 5.41) is 15.6. The van der Waals surface area contributed by atoms with Crippen molar-refractivity contribution in [2.24, 2.45) is 0 Å². The van der Waals surface area contributed by atoms with E-state index in [-0.39, 0.29) is 10.6 Å². The van der Waals surface area contributed by atoms with Crippen LogP contribution < -0.4 is 15.4 Å². The van der Waals surface area contributed by atoms with Crippen LogP contribution >= 0.6 is 11.3 Å². The van der Waals surface area contributed by atoms with Crippen LogP contribution in [0.4, 0.5) is 16.2 Å². The Morgan fingerprint density at radius 1 is 1.15 bits per heavy atom. The van der Waals surface area contributed by atoms with Crippen LogP contribution in [0, 0.1) is 0 Å². The van der Waals surface area contributed by atoms with Crippen molar-refractivity contribution < 1.29 is 19.4 Å². The lowest BCUT2D eigenvalue weighted by molar-refractivity contribution is 0.0703. The normalized spacial score (nSPS) is 9.85. The van der Waals surface area contributed by atoms with Crippen molar-refractivity contribution in [3.05, 3.63) is 40.6 Å². The van der Waals surface area contributed by atoms with Gasteiger partial charge in [0.2, 0.25) is 0 Å². The van der Waals surface area contributed by atoms with Crippen LogP contribution in [-0.2, 0) is 0 Å². The molecule has 0 fully saturated rings. The Bertz CT molecular complexity index is 622. The number of anilines is 2. The summed E-state index contributed by atoms with van der Waals surface area (Å²) >= 11 is 1.05. The second-order valence-corrected chi connectivity index (χ2v) is 4.69. The van der Waals surface area contributed by atoms with E-state index in [0.29, 0.717) is 11.4 Å². The zero-order valence-electron chi connectivity index (χ0n) is 10.5. The minimum atomic E-state index is -1.07. The topological polar surface area (TPSA) is 87.7 Å². The van der Waals surface area contributed by atoms with E-state index in [0.717, 1.165) is 11.3 Å². The SMILES string of the molecule is COc1ccc(NC(=O)Nc2ccsc2C(=O)O)cc1. The molecule has 0 aliphatic carbocycles. The first-order chi connectivity index (χ1) is 9.60. The van der Waals surface area contributed by atoms with E-state index in [4.69, 9.17) is 9.84 Å². The van der Waals surface area contributed by atoms with Gasteiger partial charge in [-0.2, -0.15) is 0 Å². The number of aromatic carboxylic acids is 1. The number of carbonyl (C=O) groups excluding carboxylic acids is 1. The number of carboxylic acids is 1. The molecule has 1 aromatic carbocycles. The molecule has 2 rings (SSSR count). The van der Waals surface area contributed by atoms with Gasteiger partial charge < -0.3 is 20.5 Å². The molecule has 0 aliphatic heterocycles. The van der Waals surface area contributed by atoms with Crippen LogP contribution in [-0.4, -0.2) is 24.2 Å². The minimum Gasteiger partial charge on any atom is -0.497 e. The standard InChI is InChI=1S/C13H12N2O4S/c1-19-9-4-2-8(3-5-9)14-13(18)15-10-6-7-20-11(10)12(16)17/h2-7H,1H3,(H,16,17)(H2,14,15,18). The Labute approximate surface area is 119 Å². The molecule has 6 nitrogen and oxygen atoms in total. The Kier molecular flexibility index (Phi) is 4.21. The van der Waals surface area contributed by atoms with Gasteiger partial charge in [-0.25, -0.2) is 9.59 Å². The summed E-state index contributed by atoms with van der Waals surface area (Å²) in [4.78, 5) is 22.8. The quantitative estimate of drug-likeness (QED) is 0.808. The number of thiophene rings is 1. The maximum absolute atomic E-state index is 11.8. The van der Waals surface area contributed by atoms with Crippen LogP contribution in [0.25, 0.3) is 0 Å². The summed E-state index contributed by atoms with van der Waals surface area (Å²) in [7, 11) is 1.55. The highest BCUT2D eigenvalue weighted by atomic mass is 32.1. The van der Waals surface area contributed by atoms with Crippen molar-refractivity contribution in [1.29, 1.82) is 0 Å². The Hall–Kier alpha value is -2.54. The summed E-state index contributed by atoms with van der Waals surface area (Å²) in [6.07, 6.45) is 0. The average Bonchev–Trinajstić information content (AvgIpc) is 2.87. The van der Waals surface area contributed by atoms with E-state index in [9.17, 15) is 9.59 Å². The molecule has 0 saturated heterocycles. The second-order valence-electron chi connectivity index (χ2n) is 3.78. The molecule has 0 unspecified atom stereocenters. The van der Waals surface area contributed by atoms with Crippen molar-refractivity contribution in [3.63, 3.8) is 0 Å². The van der Waals surface area contributed by atoms with Crippen molar-refractivity contribution in [2.75, 3.05) is 17.7 Å². The number of hydrogen-bond acceptors (Lipinski definition) is 4. The summed E-state index contributed by atoms with van der Waals surface area (Å²) < 4.78 is 5.01. The third-order valence-electron chi connectivity index (χ3n) is 2.46. The van der Waals surface area contributed by atoms with Gasteiger partial charge in [-0.05, 0) is 35.7 Å². The van der Waals surface area contributed by atoms with Crippen molar-refractivity contribution in [3.8, 4) is 5.75 Å². The molecule has 2 amide bonds. The number of carboxylic acid groups (broad SMARTS) is 1. The molecular formula is C13H12N2O4S. The lowest BCUT2D eigenvalue weighted by Gasteiger charge is -2.07. The molecule has 0 radical (unpaired) electrons. The molecule has 104 valence electrons. The van der Waals surface area contributed by atoms with Gasteiger partial charge in [0.15, 0.2) is 0 Å². The fraction of sp³-hybridized carbons (Fsp3) is 0.0769. The van der Waals surface area contributed by atoms with Crippen LogP contribution in [0.5, 0.6) is 5.75 Å². The molecule has 1 aromatic heterocycles. The number of ether oxygens (including phenoxy) is 1. The minimum absolute atomic E-state index is 0.0925. The number of rotatable bonds is 4. The Morgan fingerprint density at radius 2 is 1.85 bits per heavy atom. The van der Waals surface area contributed by atoms with Crippen LogP contribution in [0.1, 0.15) is 9.67 Å². The predicted octanol–water partition coefficient (Wildman–Crippen LogP) is 3.10. The van der Waals surface area contributed by atoms with Crippen molar-refractivity contribution >= 4 is 34.7 Å². The van der Waals surface area contributed by atoms with Gasteiger partial charge in [-0.15, -0.1) is 11.3 Å². The monoisotopic (exact) mass is 292 g/mol. The Balaban J connectivity index is 2.01. The molecule has 20 heavy (non-hydrogen) atoms. The summed E-state index contributed by atoms with van der Waals surface area (Å²) in [5.74, 6) is -0.387. The first-order valence-electron chi connectivity index (χ1n) is 5.63. The second kappa shape index (κ2) is 6.07. The first kappa shape index (κ1) is 13.9. The largest absolute Gasteiger partial charge is 0.497 e. The van der Waals surface area contributed by atoms with E-state index in [1.54, 1.807) is 42.8 Å². The van der Waals surface area contributed by atoms with Crippen LogP contribution in [0.3, 0.4) is 0 Å². The molecule has 0 atom stereocenters. The zero-order chi connectivity index (χ0) is 14.5. The molecule has 3 N–H and O–H groups in total.